The van der Waals surface area contributed by atoms with Gasteiger partial charge in [-0.2, -0.15) is 0 Å². The predicted octanol–water partition coefficient (Wildman–Crippen LogP) is 4.49. The summed E-state index contributed by atoms with van der Waals surface area (Å²) in [6.45, 7) is 0.659. The third-order valence-corrected chi connectivity index (χ3v) is 5.14. The molecule has 1 fully saturated rings. The van der Waals surface area contributed by atoms with Crippen LogP contribution in [0.25, 0.3) is 11.1 Å². The van der Waals surface area contributed by atoms with E-state index < -0.39 is 0 Å². The van der Waals surface area contributed by atoms with Crippen molar-refractivity contribution in [3.8, 4) is 16.9 Å². The Morgan fingerprint density at radius 2 is 1.72 bits per heavy atom. The van der Waals surface area contributed by atoms with Crippen LogP contribution in [0.5, 0.6) is 5.75 Å². The van der Waals surface area contributed by atoms with E-state index >= 15 is 0 Å². The molecule has 0 aliphatic heterocycles. The Labute approximate surface area is 148 Å². The summed E-state index contributed by atoms with van der Waals surface area (Å²) < 4.78 is 11.3. The molecule has 0 N–H and O–H groups in total. The highest BCUT2D eigenvalue weighted by atomic mass is 16.6. The molecule has 2 aromatic rings. The van der Waals surface area contributed by atoms with Gasteiger partial charge in [0.05, 0.1) is 5.92 Å². The van der Waals surface area contributed by atoms with Gasteiger partial charge in [-0.1, -0.05) is 60.7 Å². The molecule has 0 saturated heterocycles. The first-order valence-electron chi connectivity index (χ1n) is 8.93. The average Bonchev–Trinajstić information content (AvgIpc) is 3.30. The second kappa shape index (κ2) is 7.14. The SMILES string of the molecule is O=C(OCCOc1ccccc1-c1ccccc1)C1CC2C=CC1C2. The quantitative estimate of drug-likeness (QED) is 0.444. The van der Waals surface area contributed by atoms with Gasteiger partial charge in [-0.15, -0.1) is 0 Å². The van der Waals surface area contributed by atoms with Crippen molar-refractivity contribution in [2.45, 2.75) is 12.8 Å². The minimum atomic E-state index is -0.0724. The molecule has 4 rings (SSSR count). The Kier molecular flexibility index (Phi) is 4.55. The molecule has 3 unspecified atom stereocenters. The van der Waals surface area contributed by atoms with E-state index in [0.29, 0.717) is 25.0 Å². The van der Waals surface area contributed by atoms with Crippen LogP contribution in [0.15, 0.2) is 66.7 Å². The highest BCUT2D eigenvalue weighted by Gasteiger charge is 2.40. The Morgan fingerprint density at radius 1 is 0.920 bits per heavy atom. The second-order valence-electron chi connectivity index (χ2n) is 6.76. The molecule has 0 aromatic heterocycles. The van der Waals surface area contributed by atoms with Crippen molar-refractivity contribution in [2.75, 3.05) is 13.2 Å². The van der Waals surface area contributed by atoms with Crippen LogP contribution in [0.4, 0.5) is 0 Å². The number of carbonyl (C=O) groups excluding carboxylic acids is 1. The number of fused-ring (bicyclic) bond motifs is 2. The fourth-order valence-electron chi connectivity index (χ4n) is 3.90. The Hall–Kier alpha value is -2.55. The predicted molar refractivity (Wildman–Crippen MR) is 97.2 cm³/mol. The summed E-state index contributed by atoms with van der Waals surface area (Å²) in [5.74, 6) is 1.75. The van der Waals surface area contributed by atoms with Crippen molar-refractivity contribution in [3.63, 3.8) is 0 Å². The zero-order valence-corrected chi connectivity index (χ0v) is 14.1. The number of carbonyl (C=O) groups is 1. The molecule has 3 atom stereocenters. The summed E-state index contributed by atoms with van der Waals surface area (Å²) in [6, 6.07) is 18.1. The van der Waals surface area contributed by atoms with Gasteiger partial charge in [0.25, 0.3) is 0 Å². The fourth-order valence-corrected chi connectivity index (χ4v) is 3.90. The molecule has 2 bridgehead atoms. The molecule has 2 aromatic carbocycles. The number of ether oxygens (including phenoxy) is 2. The maximum Gasteiger partial charge on any atom is 0.309 e. The van der Waals surface area contributed by atoms with Crippen molar-refractivity contribution in [3.05, 3.63) is 66.7 Å². The van der Waals surface area contributed by atoms with Crippen molar-refractivity contribution >= 4 is 5.97 Å². The lowest BCUT2D eigenvalue weighted by atomic mass is 9.94. The average molecular weight is 334 g/mol. The topological polar surface area (TPSA) is 35.5 Å². The van der Waals surface area contributed by atoms with Gasteiger partial charge in [-0.3, -0.25) is 4.79 Å². The van der Waals surface area contributed by atoms with Crippen molar-refractivity contribution in [1.29, 1.82) is 0 Å². The van der Waals surface area contributed by atoms with Gasteiger partial charge in [-0.05, 0) is 36.3 Å². The third kappa shape index (κ3) is 3.46. The summed E-state index contributed by atoms with van der Waals surface area (Å²) in [7, 11) is 0. The van der Waals surface area contributed by atoms with Crippen LogP contribution in [-0.4, -0.2) is 19.2 Å². The van der Waals surface area contributed by atoms with Crippen LogP contribution in [0.3, 0.4) is 0 Å². The summed E-state index contributed by atoms with van der Waals surface area (Å²) >= 11 is 0. The van der Waals surface area contributed by atoms with Crippen molar-refractivity contribution in [2.24, 2.45) is 17.8 Å². The molecule has 25 heavy (non-hydrogen) atoms. The zero-order valence-electron chi connectivity index (χ0n) is 14.1. The third-order valence-electron chi connectivity index (χ3n) is 5.14. The summed E-state index contributed by atoms with van der Waals surface area (Å²) in [5.41, 5.74) is 2.16. The largest absolute Gasteiger partial charge is 0.489 e. The molecule has 0 radical (unpaired) electrons. The summed E-state index contributed by atoms with van der Waals surface area (Å²) in [5, 5.41) is 0. The maximum absolute atomic E-state index is 12.2. The van der Waals surface area contributed by atoms with Crippen LogP contribution >= 0.6 is 0 Å². The number of benzene rings is 2. The molecule has 0 amide bonds. The monoisotopic (exact) mass is 334 g/mol. The van der Waals surface area contributed by atoms with Gasteiger partial charge in [0, 0.05) is 5.56 Å². The van der Waals surface area contributed by atoms with Gasteiger partial charge in [-0.25, -0.2) is 0 Å². The van der Waals surface area contributed by atoms with E-state index in [1.807, 2.05) is 42.5 Å². The molecule has 2 aliphatic rings. The van der Waals surface area contributed by atoms with E-state index in [1.54, 1.807) is 0 Å². The lowest BCUT2D eigenvalue weighted by Gasteiger charge is -2.17. The molecule has 3 nitrogen and oxygen atoms in total. The van der Waals surface area contributed by atoms with Crippen LogP contribution in [-0.2, 0) is 9.53 Å². The van der Waals surface area contributed by atoms with Gasteiger partial charge in [0.2, 0.25) is 0 Å². The first-order chi connectivity index (χ1) is 12.3. The molecule has 0 heterocycles. The number of para-hydroxylation sites is 1. The number of hydrogen-bond acceptors (Lipinski definition) is 3. The number of esters is 1. The molecular formula is C22H22O3. The Bertz CT molecular complexity index is 766. The van der Waals surface area contributed by atoms with E-state index in [1.165, 1.54) is 0 Å². The first kappa shape index (κ1) is 15.9. The molecule has 1 saturated carbocycles. The lowest BCUT2D eigenvalue weighted by molar-refractivity contribution is -0.150. The molecule has 0 spiro atoms. The van der Waals surface area contributed by atoms with Crippen LogP contribution in [0.1, 0.15) is 12.8 Å². The zero-order chi connectivity index (χ0) is 17.1. The minimum Gasteiger partial charge on any atom is -0.489 e. The summed E-state index contributed by atoms with van der Waals surface area (Å²) in [6.07, 6.45) is 6.46. The van der Waals surface area contributed by atoms with Crippen molar-refractivity contribution < 1.29 is 14.3 Å². The standard InChI is InChI=1S/C22H22O3/c23-22(20-15-16-10-11-18(20)14-16)25-13-12-24-21-9-5-4-8-19(21)17-6-2-1-3-7-17/h1-11,16,18,20H,12-15H2. The fraction of sp³-hybridized carbons (Fsp3) is 0.318. The van der Waals surface area contributed by atoms with E-state index in [-0.39, 0.29) is 11.9 Å². The van der Waals surface area contributed by atoms with Crippen LogP contribution in [0, 0.1) is 17.8 Å². The molecular weight excluding hydrogens is 312 g/mol. The summed E-state index contributed by atoms with van der Waals surface area (Å²) in [4.78, 5) is 12.2. The van der Waals surface area contributed by atoms with Crippen molar-refractivity contribution in [1.82, 2.24) is 0 Å². The van der Waals surface area contributed by atoms with E-state index in [0.717, 1.165) is 29.7 Å². The highest BCUT2D eigenvalue weighted by molar-refractivity contribution is 5.74. The second-order valence-corrected chi connectivity index (χ2v) is 6.76. The van der Waals surface area contributed by atoms with Gasteiger partial charge < -0.3 is 9.47 Å². The van der Waals surface area contributed by atoms with Gasteiger partial charge in [0.1, 0.15) is 19.0 Å². The normalized spacial score (nSPS) is 23.6. The molecule has 128 valence electrons. The smallest absolute Gasteiger partial charge is 0.309 e. The Morgan fingerprint density at radius 3 is 2.48 bits per heavy atom. The minimum absolute atomic E-state index is 0.0478. The van der Waals surface area contributed by atoms with Gasteiger partial charge >= 0.3 is 5.97 Å². The number of allylic oxidation sites excluding steroid dienone is 2. The van der Waals surface area contributed by atoms with E-state index in [9.17, 15) is 4.79 Å². The molecule has 3 heteroatoms. The highest BCUT2D eigenvalue weighted by Crippen LogP contribution is 2.43. The van der Waals surface area contributed by atoms with E-state index in [2.05, 4.69) is 24.3 Å². The first-order valence-corrected chi connectivity index (χ1v) is 8.93. The van der Waals surface area contributed by atoms with Crippen LogP contribution in [0.2, 0.25) is 0 Å². The Balaban J connectivity index is 1.31. The van der Waals surface area contributed by atoms with Gasteiger partial charge in [0.15, 0.2) is 0 Å². The number of rotatable bonds is 6. The number of hydrogen-bond donors (Lipinski definition) is 0. The molecule has 2 aliphatic carbocycles. The maximum atomic E-state index is 12.2. The van der Waals surface area contributed by atoms with Crippen LogP contribution < -0.4 is 4.74 Å². The lowest BCUT2D eigenvalue weighted by Crippen LogP contribution is -2.23. The van der Waals surface area contributed by atoms with E-state index in [4.69, 9.17) is 9.47 Å².